The van der Waals surface area contributed by atoms with Gasteiger partial charge in [-0.25, -0.2) is 4.39 Å². The Morgan fingerprint density at radius 1 is 1.07 bits per heavy atom. The first-order chi connectivity index (χ1) is 14.7. The molecule has 0 saturated carbocycles. The van der Waals surface area contributed by atoms with Crippen molar-refractivity contribution >= 4 is 17.7 Å². The average Bonchev–Trinajstić information content (AvgIpc) is 2.76. The molecule has 1 saturated heterocycles. The summed E-state index contributed by atoms with van der Waals surface area (Å²) in [7, 11) is 1.76. The van der Waals surface area contributed by atoms with Gasteiger partial charge in [-0.15, -0.1) is 0 Å². The van der Waals surface area contributed by atoms with Crippen molar-refractivity contribution in [2.45, 2.75) is 25.4 Å². The van der Waals surface area contributed by atoms with E-state index in [0.717, 1.165) is 55.7 Å². The number of aliphatic imine (C=N–C) groups is 1. The number of benzene rings is 2. The van der Waals surface area contributed by atoms with Crippen molar-refractivity contribution in [2.24, 2.45) is 4.99 Å². The van der Waals surface area contributed by atoms with Crippen LogP contribution in [0.15, 0.2) is 47.5 Å². The summed E-state index contributed by atoms with van der Waals surface area (Å²) in [4.78, 5) is 6.74. The Morgan fingerprint density at radius 2 is 1.83 bits per heavy atom. The summed E-state index contributed by atoms with van der Waals surface area (Å²) in [5.74, 6) is 1.33. The Bertz CT molecular complexity index is 840. The van der Waals surface area contributed by atoms with E-state index in [1.165, 1.54) is 17.2 Å². The fraction of sp³-hybridized carbons (Fsp3) is 0.435. The van der Waals surface area contributed by atoms with Gasteiger partial charge in [-0.2, -0.15) is 11.8 Å². The summed E-state index contributed by atoms with van der Waals surface area (Å²) in [6.45, 7) is 5.85. The van der Waals surface area contributed by atoms with E-state index in [1.54, 1.807) is 24.9 Å². The third kappa shape index (κ3) is 7.00. The normalized spacial score (nSPS) is 15.2. The Kier molecular flexibility index (Phi) is 8.99. The number of rotatable bonds is 8. The van der Waals surface area contributed by atoms with E-state index >= 15 is 0 Å². The van der Waals surface area contributed by atoms with Crippen LogP contribution in [-0.2, 0) is 30.1 Å². The van der Waals surface area contributed by atoms with Gasteiger partial charge in [-0.3, -0.25) is 9.89 Å². The second kappa shape index (κ2) is 11.9. The predicted molar refractivity (Wildman–Crippen MR) is 123 cm³/mol. The summed E-state index contributed by atoms with van der Waals surface area (Å²) in [5, 5.41) is 6.72. The zero-order valence-corrected chi connectivity index (χ0v) is 18.6. The average molecular weight is 431 g/mol. The van der Waals surface area contributed by atoms with Crippen LogP contribution in [0.25, 0.3) is 0 Å². The van der Waals surface area contributed by atoms with E-state index in [-0.39, 0.29) is 5.82 Å². The van der Waals surface area contributed by atoms with Gasteiger partial charge < -0.3 is 15.4 Å². The number of halogens is 1. The van der Waals surface area contributed by atoms with Crippen LogP contribution >= 0.6 is 11.8 Å². The molecular weight excluding hydrogens is 399 g/mol. The van der Waals surface area contributed by atoms with Crippen molar-refractivity contribution in [1.29, 1.82) is 0 Å². The molecule has 0 aromatic heterocycles. The number of nitrogens with zero attached hydrogens (tertiary/aromatic N) is 2. The van der Waals surface area contributed by atoms with Crippen LogP contribution in [-0.4, -0.2) is 50.5 Å². The van der Waals surface area contributed by atoms with Crippen molar-refractivity contribution in [1.82, 2.24) is 15.5 Å². The van der Waals surface area contributed by atoms with Gasteiger partial charge in [0.05, 0.1) is 13.2 Å². The number of thioether (sulfide) groups is 1. The first kappa shape index (κ1) is 22.6. The molecule has 1 heterocycles. The molecule has 2 aromatic rings. The molecule has 0 unspecified atom stereocenters. The molecule has 1 fully saturated rings. The van der Waals surface area contributed by atoms with E-state index in [0.29, 0.717) is 13.1 Å². The van der Waals surface area contributed by atoms with Gasteiger partial charge in [0.2, 0.25) is 0 Å². The number of nitrogens with one attached hydrogen (secondary N) is 2. The molecule has 1 aliphatic rings. The van der Waals surface area contributed by atoms with Crippen LogP contribution in [0.1, 0.15) is 22.3 Å². The van der Waals surface area contributed by atoms with Gasteiger partial charge in [0, 0.05) is 45.5 Å². The molecule has 0 spiro atoms. The van der Waals surface area contributed by atoms with E-state index < -0.39 is 0 Å². The topological polar surface area (TPSA) is 48.9 Å². The van der Waals surface area contributed by atoms with Crippen LogP contribution in [0.3, 0.4) is 0 Å². The van der Waals surface area contributed by atoms with Crippen molar-refractivity contribution in [3.63, 3.8) is 0 Å². The summed E-state index contributed by atoms with van der Waals surface area (Å²) in [6, 6.07) is 13.6. The van der Waals surface area contributed by atoms with E-state index in [2.05, 4.69) is 44.8 Å². The lowest BCUT2D eigenvalue weighted by Gasteiger charge is -2.26. The zero-order valence-electron chi connectivity index (χ0n) is 17.8. The molecule has 7 heteroatoms. The smallest absolute Gasteiger partial charge is 0.191 e. The molecule has 3 rings (SSSR count). The maximum atomic E-state index is 13.5. The van der Waals surface area contributed by atoms with Crippen LogP contribution in [0.2, 0.25) is 0 Å². The van der Waals surface area contributed by atoms with Crippen molar-refractivity contribution in [3.8, 4) is 0 Å². The molecule has 2 aromatic carbocycles. The third-order valence-corrected chi connectivity index (χ3v) is 5.70. The lowest BCUT2D eigenvalue weighted by atomic mass is 10.1. The van der Waals surface area contributed by atoms with Gasteiger partial charge >= 0.3 is 0 Å². The molecule has 1 aliphatic heterocycles. The minimum absolute atomic E-state index is 0.192. The summed E-state index contributed by atoms with van der Waals surface area (Å²) in [5.41, 5.74) is 4.63. The van der Waals surface area contributed by atoms with Crippen molar-refractivity contribution in [2.75, 3.05) is 39.6 Å². The third-order valence-electron chi connectivity index (χ3n) is 5.10. The lowest BCUT2D eigenvalue weighted by Crippen LogP contribution is -2.36. The molecular formula is C23H31FN4OS. The number of ether oxygens (including phenoxy) is 1. The predicted octanol–water partition coefficient (Wildman–Crippen LogP) is 3.39. The van der Waals surface area contributed by atoms with Crippen molar-refractivity contribution in [3.05, 3.63) is 70.5 Å². The van der Waals surface area contributed by atoms with Crippen LogP contribution in [0.5, 0.6) is 0 Å². The van der Waals surface area contributed by atoms with Gasteiger partial charge in [0.25, 0.3) is 0 Å². The highest BCUT2D eigenvalue weighted by Crippen LogP contribution is 2.16. The lowest BCUT2D eigenvalue weighted by molar-refractivity contribution is 0.0342. The van der Waals surface area contributed by atoms with Crippen LogP contribution < -0.4 is 10.6 Å². The Hall–Kier alpha value is -2.09. The number of hydrogen-bond acceptors (Lipinski definition) is 4. The number of guanidine groups is 1. The standard InChI is InChI=1S/C23H31FN4OS/c1-25-23(27-15-20-6-7-22(24)13-21(20)17-30-2)26-14-18-4-3-5-19(12-18)16-28-8-10-29-11-9-28/h3-7,12-13H,8-11,14-17H2,1-2H3,(H2,25,26,27). The van der Waals surface area contributed by atoms with Crippen LogP contribution in [0.4, 0.5) is 4.39 Å². The Labute approximate surface area is 183 Å². The quantitative estimate of drug-likeness (QED) is 0.497. The number of morpholine rings is 1. The molecule has 162 valence electrons. The molecule has 0 amide bonds. The first-order valence-corrected chi connectivity index (χ1v) is 11.7. The zero-order chi connectivity index (χ0) is 21.2. The molecule has 0 aliphatic carbocycles. The fourth-order valence-corrected chi connectivity index (χ4v) is 4.08. The van der Waals surface area contributed by atoms with E-state index in [1.807, 2.05) is 12.3 Å². The van der Waals surface area contributed by atoms with Crippen molar-refractivity contribution < 1.29 is 9.13 Å². The molecule has 2 N–H and O–H groups in total. The second-order valence-electron chi connectivity index (χ2n) is 7.33. The van der Waals surface area contributed by atoms with Gasteiger partial charge in [-0.1, -0.05) is 30.3 Å². The minimum atomic E-state index is -0.192. The van der Waals surface area contributed by atoms with E-state index in [4.69, 9.17) is 4.74 Å². The number of hydrogen-bond donors (Lipinski definition) is 2. The second-order valence-corrected chi connectivity index (χ2v) is 8.20. The maximum Gasteiger partial charge on any atom is 0.191 e. The van der Waals surface area contributed by atoms with Gasteiger partial charge in [0.1, 0.15) is 5.82 Å². The monoisotopic (exact) mass is 430 g/mol. The Morgan fingerprint density at radius 3 is 2.60 bits per heavy atom. The van der Waals surface area contributed by atoms with Gasteiger partial charge in [-0.05, 0) is 40.6 Å². The maximum absolute atomic E-state index is 13.5. The largest absolute Gasteiger partial charge is 0.379 e. The molecule has 0 bridgehead atoms. The summed E-state index contributed by atoms with van der Waals surface area (Å²) >= 11 is 1.69. The van der Waals surface area contributed by atoms with Gasteiger partial charge in [0.15, 0.2) is 5.96 Å². The SMILES string of the molecule is CN=C(NCc1cccc(CN2CCOCC2)c1)NCc1ccc(F)cc1CSC. The minimum Gasteiger partial charge on any atom is -0.379 e. The molecule has 0 radical (unpaired) electrons. The van der Waals surface area contributed by atoms with E-state index in [9.17, 15) is 4.39 Å². The first-order valence-electron chi connectivity index (χ1n) is 10.3. The highest BCUT2D eigenvalue weighted by Gasteiger charge is 2.11. The Balaban J connectivity index is 1.52. The highest BCUT2D eigenvalue weighted by molar-refractivity contribution is 7.97. The summed E-state index contributed by atoms with van der Waals surface area (Å²) < 4.78 is 19.0. The molecule has 0 atom stereocenters. The van der Waals surface area contributed by atoms with Crippen LogP contribution in [0, 0.1) is 5.82 Å². The molecule has 5 nitrogen and oxygen atoms in total. The fourth-order valence-electron chi connectivity index (χ4n) is 3.50. The summed E-state index contributed by atoms with van der Waals surface area (Å²) in [6.07, 6.45) is 2.02. The molecule has 30 heavy (non-hydrogen) atoms. The highest BCUT2D eigenvalue weighted by atomic mass is 32.2.